The number of Topliss-reactive ketones (excluding diaryl/α,β-unsaturated/α-hetero) is 1. The highest BCUT2D eigenvalue weighted by molar-refractivity contribution is 7.99. The lowest BCUT2D eigenvalue weighted by molar-refractivity contribution is -0.140. The maximum absolute atomic E-state index is 12.9. The second kappa shape index (κ2) is 12.6. The Morgan fingerprint density at radius 2 is 1.28 bits per heavy atom. The highest BCUT2D eigenvalue weighted by Gasteiger charge is 2.18. The Kier molecular flexibility index (Phi) is 9.30. The fraction of sp³-hybridized carbons (Fsp3) is 0.179. The van der Waals surface area contributed by atoms with Crippen molar-refractivity contribution in [1.82, 2.24) is 4.90 Å². The van der Waals surface area contributed by atoms with E-state index in [1.807, 2.05) is 30.3 Å². The SMILES string of the molecule is CC(=O)O/N=C(\CCC(=O)N(C)C)C(=O)c1ccc(Sc2ccc(C(=O)c3ccccc3)cc2)cc1. The van der Waals surface area contributed by atoms with Gasteiger partial charge in [-0.05, 0) is 48.5 Å². The molecule has 7 nitrogen and oxygen atoms in total. The van der Waals surface area contributed by atoms with Gasteiger partial charge >= 0.3 is 5.97 Å². The number of nitrogens with zero attached hydrogens (tertiary/aromatic N) is 2. The molecule has 8 heteroatoms. The number of hydrogen-bond acceptors (Lipinski definition) is 7. The predicted octanol–water partition coefficient (Wildman–Crippen LogP) is 5.04. The van der Waals surface area contributed by atoms with E-state index in [-0.39, 0.29) is 30.2 Å². The van der Waals surface area contributed by atoms with Crippen LogP contribution in [0.4, 0.5) is 0 Å². The van der Waals surface area contributed by atoms with E-state index in [9.17, 15) is 19.2 Å². The van der Waals surface area contributed by atoms with Crippen LogP contribution in [0.5, 0.6) is 0 Å². The van der Waals surface area contributed by atoms with Crippen LogP contribution >= 0.6 is 11.8 Å². The largest absolute Gasteiger partial charge is 0.349 e. The molecule has 0 spiro atoms. The van der Waals surface area contributed by atoms with Crippen molar-refractivity contribution in [2.75, 3.05) is 14.1 Å². The first-order valence-electron chi connectivity index (χ1n) is 11.2. The number of rotatable bonds is 10. The van der Waals surface area contributed by atoms with Crippen molar-refractivity contribution in [2.24, 2.45) is 5.16 Å². The molecule has 36 heavy (non-hydrogen) atoms. The molecule has 3 aromatic carbocycles. The van der Waals surface area contributed by atoms with Crippen LogP contribution in [-0.4, -0.2) is 48.1 Å². The molecule has 0 N–H and O–H groups in total. The summed E-state index contributed by atoms with van der Waals surface area (Å²) in [6.07, 6.45) is 0.114. The van der Waals surface area contributed by atoms with Crippen molar-refractivity contribution in [1.29, 1.82) is 0 Å². The van der Waals surface area contributed by atoms with Crippen LogP contribution in [0.3, 0.4) is 0 Å². The highest BCUT2D eigenvalue weighted by atomic mass is 32.2. The second-order valence-electron chi connectivity index (χ2n) is 8.08. The topological polar surface area (TPSA) is 93.1 Å². The summed E-state index contributed by atoms with van der Waals surface area (Å²) in [4.78, 5) is 56.5. The van der Waals surface area contributed by atoms with E-state index in [1.165, 1.54) is 23.6 Å². The molecule has 0 unspecified atom stereocenters. The zero-order chi connectivity index (χ0) is 26.1. The number of benzene rings is 3. The van der Waals surface area contributed by atoms with Gasteiger partial charge in [0.1, 0.15) is 5.71 Å². The maximum Gasteiger partial charge on any atom is 0.331 e. The average molecular weight is 503 g/mol. The van der Waals surface area contributed by atoms with Crippen molar-refractivity contribution >= 4 is 40.9 Å². The van der Waals surface area contributed by atoms with E-state index in [0.29, 0.717) is 16.7 Å². The lowest BCUT2D eigenvalue weighted by atomic mass is 10.0. The Morgan fingerprint density at radius 3 is 1.81 bits per heavy atom. The van der Waals surface area contributed by atoms with Gasteiger partial charge in [-0.15, -0.1) is 0 Å². The monoisotopic (exact) mass is 502 g/mol. The Hall–Kier alpha value is -4.04. The summed E-state index contributed by atoms with van der Waals surface area (Å²) in [5.41, 5.74) is 1.62. The first kappa shape index (κ1) is 26.6. The van der Waals surface area contributed by atoms with E-state index in [1.54, 1.807) is 62.6 Å². The summed E-state index contributed by atoms with van der Waals surface area (Å²) in [6.45, 7) is 1.19. The van der Waals surface area contributed by atoms with Gasteiger partial charge in [-0.1, -0.05) is 47.2 Å². The first-order chi connectivity index (χ1) is 17.2. The molecule has 0 bridgehead atoms. The normalized spacial score (nSPS) is 11.0. The zero-order valence-corrected chi connectivity index (χ0v) is 21.1. The molecule has 3 rings (SSSR count). The molecule has 0 saturated heterocycles. The average Bonchev–Trinajstić information content (AvgIpc) is 2.89. The van der Waals surface area contributed by atoms with Gasteiger partial charge in [-0.3, -0.25) is 14.4 Å². The van der Waals surface area contributed by atoms with Crippen LogP contribution in [0, 0.1) is 0 Å². The standard InChI is InChI=1S/C28H26N2O5S/c1-19(31)35-29-25(17-18-26(32)30(2)3)28(34)22-11-15-24(16-12-22)36-23-13-9-21(10-14-23)27(33)20-7-5-4-6-8-20/h4-16H,17-18H2,1-3H3/b29-25+. The molecule has 0 aliphatic heterocycles. The third-order valence-electron chi connectivity index (χ3n) is 5.13. The molecular formula is C28H26N2O5S. The van der Waals surface area contributed by atoms with E-state index in [0.717, 1.165) is 9.79 Å². The number of carbonyl (C=O) groups is 4. The minimum atomic E-state index is -0.650. The molecule has 184 valence electrons. The van der Waals surface area contributed by atoms with Crippen LogP contribution in [0.15, 0.2) is 93.8 Å². The second-order valence-corrected chi connectivity index (χ2v) is 9.23. The molecule has 0 radical (unpaired) electrons. The zero-order valence-electron chi connectivity index (χ0n) is 20.3. The predicted molar refractivity (Wildman–Crippen MR) is 138 cm³/mol. The van der Waals surface area contributed by atoms with Gasteiger partial charge in [0.05, 0.1) is 0 Å². The summed E-state index contributed by atoms with van der Waals surface area (Å²) in [7, 11) is 3.25. The van der Waals surface area contributed by atoms with Crippen LogP contribution < -0.4 is 0 Å². The lowest BCUT2D eigenvalue weighted by Crippen LogP contribution is -2.24. The maximum atomic E-state index is 12.9. The van der Waals surface area contributed by atoms with Crippen LogP contribution in [-0.2, 0) is 14.4 Å². The van der Waals surface area contributed by atoms with Gasteiger partial charge in [0.25, 0.3) is 0 Å². The van der Waals surface area contributed by atoms with E-state index < -0.39 is 11.8 Å². The van der Waals surface area contributed by atoms with Crippen molar-refractivity contribution in [3.05, 3.63) is 95.6 Å². The summed E-state index contributed by atoms with van der Waals surface area (Å²) >= 11 is 1.49. The molecular weight excluding hydrogens is 476 g/mol. The molecule has 1 amide bonds. The number of carbonyl (C=O) groups excluding carboxylic acids is 4. The van der Waals surface area contributed by atoms with Gasteiger partial charge in [0.2, 0.25) is 11.7 Å². The number of hydrogen-bond donors (Lipinski definition) is 0. The van der Waals surface area contributed by atoms with Gasteiger partial charge in [0.15, 0.2) is 5.78 Å². The van der Waals surface area contributed by atoms with Gasteiger partial charge in [-0.25, -0.2) is 4.79 Å². The molecule has 0 fully saturated rings. The van der Waals surface area contributed by atoms with Crippen LogP contribution in [0.25, 0.3) is 0 Å². The minimum Gasteiger partial charge on any atom is -0.349 e. The fourth-order valence-electron chi connectivity index (χ4n) is 3.18. The third kappa shape index (κ3) is 7.48. The van der Waals surface area contributed by atoms with E-state index in [4.69, 9.17) is 0 Å². The Labute approximate surface area is 214 Å². The highest BCUT2D eigenvalue weighted by Crippen LogP contribution is 2.28. The Bertz CT molecular complexity index is 1270. The first-order valence-corrected chi connectivity index (χ1v) is 12.0. The summed E-state index contributed by atoms with van der Waals surface area (Å²) in [6, 6.07) is 23.4. The Morgan fingerprint density at radius 1 is 0.750 bits per heavy atom. The number of oxime groups is 1. The van der Waals surface area contributed by atoms with Gasteiger partial charge < -0.3 is 9.74 Å². The number of amides is 1. The molecule has 0 heterocycles. The molecule has 0 aliphatic carbocycles. The van der Waals surface area contributed by atoms with Crippen molar-refractivity contribution in [3.63, 3.8) is 0 Å². The van der Waals surface area contributed by atoms with Gasteiger partial charge in [-0.2, -0.15) is 0 Å². The van der Waals surface area contributed by atoms with Crippen molar-refractivity contribution in [3.8, 4) is 0 Å². The minimum absolute atomic E-state index is 0.000486. The van der Waals surface area contributed by atoms with E-state index >= 15 is 0 Å². The third-order valence-corrected chi connectivity index (χ3v) is 6.14. The van der Waals surface area contributed by atoms with Crippen molar-refractivity contribution < 1.29 is 24.0 Å². The summed E-state index contributed by atoms with van der Waals surface area (Å²) in [5, 5.41) is 3.68. The molecule has 3 aromatic rings. The molecule has 0 aliphatic rings. The number of ketones is 2. The lowest BCUT2D eigenvalue weighted by Gasteiger charge is -2.10. The van der Waals surface area contributed by atoms with Crippen molar-refractivity contribution in [2.45, 2.75) is 29.6 Å². The van der Waals surface area contributed by atoms with Crippen LogP contribution in [0.2, 0.25) is 0 Å². The van der Waals surface area contributed by atoms with E-state index in [2.05, 4.69) is 9.99 Å². The summed E-state index contributed by atoms with van der Waals surface area (Å²) < 4.78 is 0. The van der Waals surface area contributed by atoms with Crippen LogP contribution in [0.1, 0.15) is 46.0 Å². The molecule has 0 saturated carbocycles. The smallest absolute Gasteiger partial charge is 0.331 e. The molecule has 0 aromatic heterocycles. The molecule has 0 atom stereocenters. The Balaban J connectivity index is 1.67. The summed E-state index contributed by atoms with van der Waals surface area (Å²) in [5.74, 6) is -1.26. The fourth-order valence-corrected chi connectivity index (χ4v) is 3.99. The van der Waals surface area contributed by atoms with Gasteiger partial charge in [0, 0.05) is 60.3 Å². The quantitative estimate of drug-likeness (QED) is 0.167.